The average molecular weight is 350 g/mol. The largest absolute Gasteiger partial charge is 0.294 e. The van der Waals surface area contributed by atoms with Gasteiger partial charge in [0.15, 0.2) is 0 Å². The predicted molar refractivity (Wildman–Crippen MR) is 93.7 cm³/mol. The molecule has 3 aromatic rings. The molecule has 0 aliphatic carbocycles. The third kappa shape index (κ3) is 2.75. The monoisotopic (exact) mass is 350 g/mol. The first-order valence-corrected chi connectivity index (χ1v) is 9.75. The molecule has 0 aliphatic heterocycles. The van der Waals surface area contributed by atoms with Gasteiger partial charge in [-0.15, -0.1) is 0 Å². The summed E-state index contributed by atoms with van der Waals surface area (Å²) in [6.07, 6.45) is 0. The lowest BCUT2D eigenvalue weighted by molar-refractivity contribution is -0.673. The lowest BCUT2D eigenvalue weighted by Crippen LogP contribution is -2.39. The zero-order chi connectivity index (χ0) is 17.0. The Balaban J connectivity index is 2.38. The zero-order valence-corrected chi connectivity index (χ0v) is 15.3. The van der Waals surface area contributed by atoms with Gasteiger partial charge in [-0.1, -0.05) is 17.4 Å². The molecule has 23 heavy (non-hydrogen) atoms. The van der Waals surface area contributed by atoms with Crippen LogP contribution in [-0.4, -0.2) is 13.0 Å². The van der Waals surface area contributed by atoms with Crippen molar-refractivity contribution in [2.45, 2.75) is 44.6 Å². The van der Waals surface area contributed by atoms with Crippen molar-refractivity contribution < 1.29 is 17.5 Å². The van der Waals surface area contributed by atoms with E-state index in [2.05, 4.69) is 32.3 Å². The Labute approximate surface area is 140 Å². The number of hydrogen-bond donors (Lipinski definition) is 1. The van der Waals surface area contributed by atoms with E-state index in [0.717, 1.165) is 27.5 Å². The topological polar surface area (TPSA) is 58.2 Å². The molecule has 1 heterocycles. The molecule has 0 aliphatic rings. The molecule has 2 aromatic carbocycles. The second kappa shape index (κ2) is 5.26. The second-order valence-electron chi connectivity index (χ2n) is 6.67. The first kappa shape index (κ1) is 16.4. The summed E-state index contributed by atoms with van der Waals surface area (Å²) in [7, 11) is -4.18. The van der Waals surface area contributed by atoms with Crippen molar-refractivity contribution in [3.8, 4) is 0 Å². The summed E-state index contributed by atoms with van der Waals surface area (Å²) in [6.45, 7) is 9.61. The van der Waals surface area contributed by atoms with Gasteiger partial charge in [-0.05, 0) is 51.3 Å². The van der Waals surface area contributed by atoms with E-state index < -0.39 is 10.1 Å². The molecule has 0 atom stereocenters. The predicted octanol–water partition coefficient (Wildman–Crippen LogP) is 3.91. The van der Waals surface area contributed by atoms with E-state index >= 15 is 0 Å². The minimum absolute atomic E-state index is 0.0421. The lowest BCUT2D eigenvalue weighted by Gasteiger charge is -2.11. The molecule has 3 rings (SSSR count). The molecule has 0 spiro atoms. The standard InChI is InChI=1S/C17H19NO3S2/c1-5-18-14-9-6-11-10-12(23(19,20)21)7-8-13(11)15(14)22-16(18)17(2,3)4/h6-10H,5H2,1-4H3/p+1. The Morgan fingerprint density at radius 3 is 2.43 bits per heavy atom. The Hall–Kier alpha value is -1.50. The fourth-order valence-corrected chi connectivity index (χ4v) is 4.81. The molecule has 0 fully saturated rings. The van der Waals surface area contributed by atoms with E-state index in [9.17, 15) is 13.0 Å². The van der Waals surface area contributed by atoms with Crippen LogP contribution in [0.25, 0.3) is 21.0 Å². The molecule has 1 aromatic heterocycles. The van der Waals surface area contributed by atoms with Gasteiger partial charge in [0.25, 0.3) is 10.1 Å². The number of aromatic nitrogens is 1. The molecule has 0 radical (unpaired) electrons. The van der Waals surface area contributed by atoms with Crippen LogP contribution in [0.5, 0.6) is 0 Å². The number of benzene rings is 2. The van der Waals surface area contributed by atoms with Crippen molar-refractivity contribution in [3.63, 3.8) is 0 Å². The van der Waals surface area contributed by atoms with Gasteiger partial charge in [-0.2, -0.15) is 13.0 Å². The normalized spacial score (nSPS) is 13.1. The molecule has 0 saturated carbocycles. The van der Waals surface area contributed by atoms with Crippen LogP contribution in [-0.2, 0) is 22.1 Å². The molecular formula is C17H20NO3S2+. The number of fused-ring (bicyclic) bond motifs is 3. The number of nitrogens with zero attached hydrogens (tertiary/aromatic N) is 1. The van der Waals surface area contributed by atoms with Gasteiger partial charge in [0.05, 0.1) is 10.3 Å². The highest BCUT2D eigenvalue weighted by atomic mass is 32.2. The summed E-state index contributed by atoms with van der Waals surface area (Å²) in [5.74, 6) is 0. The molecule has 1 N–H and O–H groups in total. The first-order chi connectivity index (χ1) is 10.6. The van der Waals surface area contributed by atoms with Gasteiger partial charge in [0.2, 0.25) is 10.5 Å². The maximum absolute atomic E-state index is 11.3. The minimum Gasteiger partial charge on any atom is -0.282 e. The van der Waals surface area contributed by atoms with E-state index in [-0.39, 0.29) is 10.3 Å². The number of thiazole rings is 1. The van der Waals surface area contributed by atoms with E-state index in [0.29, 0.717) is 0 Å². The Kier molecular flexibility index (Phi) is 3.74. The summed E-state index contributed by atoms with van der Waals surface area (Å²) >= 11 is 1.75. The van der Waals surface area contributed by atoms with Crippen LogP contribution >= 0.6 is 11.3 Å². The van der Waals surface area contributed by atoms with Crippen molar-refractivity contribution in [1.29, 1.82) is 0 Å². The number of aryl methyl sites for hydroxylation is 1. The SMILES string of the molecule is CC[n+]1c(C(C)(C)C)sc2c3ccc(S(=O)(=O)O)cc3ccc21. The van der Waals surface area contributed by atoms with Gasteiger partial charge in [-0.3, -0.25) is 4.55 Å². The fourth-order valence-electron chi connectivity index (χ4n) is 2.88. The quantitative estimate of drug-likeness (QED) is 0.563. The van der Waals surface area contributed by atoms with Crippen molar-refractivity contribution in [1.82, 2.24) is 0 Å². The second-order valence-corrected chi connectivity index (χ2v) is 9.09. The zero-order valence-electron chi connectivity index (χ0n) is 13.6. The van der Waals surface area contributed by atoms with Crippen LogP contribution in [0, 0.1) is 0 Å². The van der Waals surface area contributed by atoms with E-state index in [1.807, 2.05) is 12.1 Å². The summed E-state index contributed by atoms with van der Waals surface area (Å²) in [4.78, 5) is -0.0691. The van der Waals surface area contributed by atoms with Gasteiger partial charge in [-0.25, -0.2) is 0 Å². The summed E-state index contributed by atoms with van der Waals surface area (Å²) in [6, 6.07) is 8.71. The average Bonchev–Trinajstić information content (AvgIpc) is 2.84. The van der Waals surface area contributed by atoms with E-state index in [1.54, 1.807) is 17.4 Å². The smallest absolute Gasteiger partial charge is 0.282 e. The lowest BCUT2D eigenvalue weighted by atomic mass is 9.98. The highest BCUT2D eigenvalue weighted by molar-refractivity contribution is 7.85. The highest BCUT2D eigenvalue weighted by Gasteiger charge is 2.30. The van der Waals surface area contributed by atoms with E-state index in [4.69, 9.17) is 0 Å². The summed E-state index contributed by atoms with van der Waals surface area (Å²) < 4.78 is 35.4. The third-order valence-electron chi connectivity index (χ3n) is 3.91. The first-order valence-electron chi connectivity index (χ1n) is 7.50. The maximum atomic E-state index is 11.3. The highest BCUT2D eigenvalue weighted by Crippen LogP contribution is 2.35. The summed E-state index contributed by atoms with van der Waals surface area (Å²) in [5, 5.41) is 3.12. The van der Waals surface area contributed by atoms with Crippen LogP contribution in [0.4, 0.5) is 0 Å². The maximum Gasteiger partial charge on any atom is 0.294 e. The van der Waals surface area contributed by atoms with Crippen LogP contribution in [0.1, 0.15) is 32.7 Å². The molecule has 122 valence electrons. The summed E-state index contributed by atoms with van der Waals surface area (Å²) in [5.41, 5.74) is 1.20. The number of rotatable bonds is 2. The molecule has 0 bridgehead atoms. The van der Waals surface area contributed by atoms with Crippen LogP contribution < -0.4 is 4.57 Å². The molecular weight excluding hydrogens is 330 g/mol. The molecule has 6 heteroatoms. The van der Waals surface area contributed by atoms with Crippen molar-refractivity contribution >= 4 is 42.4 Å². The van der Waals surface area contributed by atoms with Gasteiger partial charge in [0.1, 0.15) is 11.2 Å². The Morgan fingerprint density at radius 1 is 1.17 bits per heavy atom. The van der Waals surface area contributed by atoms with Crippen molar-refractivity contribution in [2.24, 2.45) is 0 Å². The molecule has 0 saturated heterocycles. The molecule has 4 nitrogen and oxygen atoms in total. The van der Waals surface area contributed by atoms with Crippen LogP contribution in [0.2, 0.25) is 0 Å². The molecule has 0 unspecified atom stereocenters. The van der Waals surface area contributed by atoms with Gasteiger partial charge in [0, 0.05) is 11.5 Å². The van der Waals surface area contributed by atoms with Gasteiger partial charge >= 0.3 is 0 Å². The fraction of sp³-hybridized carbons (Fsp3) is 0.353. The molecule has 0 amide bonds. The number of hydrogen-bond acceptors (Lipinski definition) is 3. The van der Waals surface area contributed by atoms with Crippen molar-refractivity contribution in [2.75, 3.05) is 0 Å². The third-order valence-corrected chi connectivity index (χ3v) is 6.42. The Morgan fingerprint density at radius 2 is 1.87 bits per heavy atom. The van der Waals surface area contributed by atoms with Crippen molar-refractivity contribution in [3.05, 3.63) is 35.3 Å². The van der Waals surface area contributed by atoms with Crippen LogP contribution in [0.15, 0.2) is 35.2 Å². The minimum atomic E-state index is -4.18. The van der Waals surface area contributed by atoms with Gasteiger partial charge < -0.3 is 0 Å². The van der Waals surface area contributed by atoms with Crippen LogP contribution in [0.3, 0.4) is 0 Å². The van der Waals surface area contributed by atoms with E-state index in [1.165, 1.54) is 17.1 Å². The Bertz CT molecular complexity index is 1010.